The van der Waals surface area contributed by atoms with Gasteiger partial charge in [-0.1, -0.05) is 6.07 Å². The molecule has 1 N–H and O–H groups in total. The summed E-state index contributed by atoms with van der Waals surface area (Å²) < 4.78 is 8.19. The molecular formula is C17H15IN4O2. The number of pyridine rings is 1. The normalized spacial score (nSPS) is 10.4. The number of aromatic nitrogens is 3. The molecule has 0 radical (unpaired) electrons. The summed E-state index contributed by atoms with van der Waals surface area (Å²) >= 11 is 2.21. The van der Waals surface area contributed by atoms with Gasteiger partial charge in [0.25, 0.3) is 5.91 Å². The molecule has 0 saturated carbocycles. The number of hydrogen-bond donors (Lipinski definition) is 1. The van der Waals surface area contributed by atoms with Crippen molar-refractivity contribution in [2.75, 3.05) is 11.9 Å². The van der Waals surface area contributed by atoms with Crippen molar-refractivity contribution in [1.29, 1.82) is 0 Å². The number of carbonyl (C=O) groups is 1. The van der Waals surface area contributed by atoms with Crippen molar-refractivity contribution in [3.8, 4) is 11.6 Å². The minimum Gasteiger partial charge on any atom is -0.484 e. The Morgan fingerprint density at radius 2 is 2.04 bits per heavy atom. The summed E-state index contributed by atoms with van der Waals surface area (Å²) in [6.07, 6.45) is 1.68. The molecule has 0 unspecified atom stereocenters. The lowest BCUT2D eigenvalue weighted by atomic mass is 10.3. The van der Waals surface area contributed by atoms with E-state index in [1.54, 1.807) is 16.9 Å². The van der Waals surface area contributed by atoms with E-state index in [1.807, 2.05) is 49.4 Å². The van der Waals surface area contributed by atoms with Crippen molar-refractivity contribution in [1.82, 2.24) is 14.8 Å². The van der Waals surface area contributed by atoms with Crippen LogP contribution in [0.3, 0.4) is 0 Å². The molecule has 24 heavy (non-hydrogen) atoms. The van der Waals surface area contributed by atoms with Gasteiger partial charge in [-0.05, 0) is 65.9 Å². The van der Waals surface area contributed by atoms with E-state index in [1.165, 1.54) is 0 Å². The van der Waals surface area contributed by atoms with E-state index in [4.69, 9.17) is 4.74 Å². The number of anilines is 1. The van der Waals surface area contributed by atoms with Gasteiger partial charge in [0.05, 0.1) is 5.69 Å². The molecule has 1 amide bonds. The molecular weight excluding hydrogens is 419 g/mol. The lowest BCUT2D eigenvalue weighted by Gasteiger charge is -2.09. The number of aryl methyl sites for hydroxylation is 1. The molecule has 3 aromatic rings. The van der Waals surface area contributed by atoms with Gasteiger partial charge in [-0.3, -0.25) is 4.79 Å². The Hall–Kier alpha value is -2.42. The summed E-state index contributed by atoms with van der Waals surface area (Å²) in [7, 11) is 0. The first-order chi connectivity index (χ1) is 11.6. The van der Waals surface area contributed by atoms with E-state index >= 15 is 0 Å². The Kier molecular flexibility index (Phi) is 5.09. The van der Waals surface area contributed by atoms with Crippen LogP contribution in [0.5, 0.6) is 5.75 Å². The number of rotatable bonds is 5. The van der Waals surface area contributed by atoms with E-state index in [0.29, 0.717) is 17.4 Å². The molecule has 7 heteroatoms. The molecule has 2 aromatic heterocycles. The van der Waals surface area contributed by atoms with E-state index in [2.05, 4.69) is 38.0 Å². The van der Waals surface area contributed by atoms with Crippen LogP contribution < -0.4 is 10.1 Å². The summed E-state index contributed by atoms with van der Waals surface area (Å²) in [5.74, 6) is 1.59. The zero-order valence-electron chi connectivity index (χ0n) is 12.9. The number of hydrogen-bond acceptors (Lipinski definition) is 4. The third-order valence-corrected chi connectivity index (χ3v) is 3.87. The van der Waals surface area contributed by atoms with Gasteiger partial charge in [-0.2, -0.15) is 9.78 Å². The second kappa shape index (κ2) is 7.43. The van der Waals surface area contributed by atoms with Gasteiger partial charge >= 0.3 is 0 Å². The molecule has 0 fully saturated rings. The lowest BCUT2D eigenvalue weighted by Crippen LogP contribution is -2.22. The van der Waals surface area contributed by atoms with Crippen LogP contribution in [-0.2, 0) is 4.79 Å². The fraction of sp³-hybridized carbons (Fsp3) is 0.118. The summed E-state index contributed by atoms with van der Waals surface area (Å²) in [4.78, 5) is 16.4. The van der Waals surface area contributed by atoms with Gasteiger partial charge in [-0.25, -0.2) is 4.98 Å². The van der Waals surface area contributed by atoms with Crippen molar-refractivity contribution in [3.05, 3.63) is 64.0 Å². The molecule has 0 bridgehead atoms. The SMILES string of the molecule is Cc1cc(NC(=O)COc2ccc(I)cc2)n(-c2ccccn2)n1. The van der Waals surface area contributed by atoms with Crippen LogP contribution in [-0.4, -0.2) is 27.3 Å². The summed E-state index contributed by atoms with van der Waals surface area (Å²) in [6, 6.07) is 14.8. The van der Waals surface area contributed by atoms with E-state index in [9.17, 15) is 4.79 Å². The smallest absolute Gasteiger partial charge is 0.263 e. The van der Waals surface area contributed by atoms with Crippen LogP contribution in [0, 0.1) is 10.5 Å². The third kappa shape index (κ3) is 4.10. The molecule has 2 heterocycles. The molecule has 122 valence electrons. The highest BCUT2D eigenvalue weighted by Crippen LogP contribution is 2.16. The van der Waals surface area contributed by atoms with Crippen LogP contribution in [0.2, 0.25) is 0 Å². The monoisotopic (exact) mass is 434 g/mol. The van der Waals surface area contributed by atoms with Crippen LogP contribution in [0.4, 0.5) is 5.82 Å². The number of ether oxygens (including phenoxy) is 1. The van der Waals surface area contributed by atoms with Gasteiger partial charge in [0.2, 0.25) is 0 Å². The second-order valence-electron chi connectivity index (χ2n) is 5.06. The molecule has 0 saturated heterocycles. The first kappa shape index (κ1) is 16.4. The Bertz CT molecular complexity index is 832. The highest BCUT2D eigenvalue weighted by Gasteiger charge is 2.12. The molecule has 0 aliphatic heterocycles. The Labute approximate surface area is 153 Å². The zero-order valence-corrected chi connectivity index (χ0v) is 15.1. The van der Waals surface area contributed by atoms with Gasteiger partial charge in [-0.15, -0.1) is 0 Å². The number of carbonyl (C=O) groups excluding carboxylic acids is 1. The van der Waals surface area contributed by atoms with Crippen molar-refractivity contribution in [2.45, 2.75) is 6.92 Å². The van der Waals surface area contributed by atoms with Crippen LogP contribution in [0.15, 0.2) is 54.7 Å². The van der Waals surface area contributed by atoms with Crippen molar-refractivity contribution in [3.63, 3.8) is 0 Å². The minimum atomic E-state index is -0.259. The van der Waals surface area contributed by atoms with E-state index in [0.717, 1.165) is 9.26 Å². The minimum absolute atomic E-state index is 0.0764. The first-order valence-corrected chi connectivity index (χ1v) is 8.36. The number of nitrogens with zero attached hydrogens (tertiary/aromatic N) is 3. The van der Waals surface area contributed by atoms with Gasteiger partial charge in [0.1, 0.15) is 11.6 Å². The van der Waals surface area contributed by atoms with E-state index < -0.39 is 0 Å². The summed E-state index contributed by atoms with van der Waals surface area (Å²) in [5, 5.41) is 7.17. The predicted molar refractivity (Wildman–Crippen MR) is 99.4 cm³/mol. The highest BCUT2D eigenvalue weighted by atomic mass is 127. The van der Waals surface area contributed by atoms with Gasteiger partial charge in [0, 0.05) is 15.8 Å². The maximum Gasteiger partial charge on any atom is 0.263 e. The second-order valence-corrected chi connectivity index (χ2v) is 6.31. The van der Waals surface area contributed by atoms with Gasteiger partial charge < -0.3 is 10.1 Å². The molecule has 6 nitrogen and oxygen atoms in total. The summed E-state index contributed by atoms with van der Waals surface area (Å²) in [5.41, 5.74) is 0.787. The quantitative estimate of drug-likeness (QED) is 0.627. The van der Waals surface area contributed by atoms with Gasteiger partial charge in [0.15, 0.2) is 12.4 Å². The largest absolute Gasteiger partial charge is 0.484 e. The topological polar surface area (TPSA) is 69.0 Å². The molecule has 0 atom stereocenters. The molecule has 0 aliphatic carbocycles. The fourth-order valence-corrected chi connectivity index (χ4v) is 2.46. The average molecular weight is 434 g/mol. The third-order valence-electron chi connectivity index (χ3n) is 3.15. The highest BCUT2D eigenvalue weighted by molar-refractivity contribution is 14.1. The first-order valence-electron chi connectivity index (χ1n) is 7.28. The zero-order chi connectivity index (χ0) is 16.9. The van der Waals surface area contributed by atoms with Crippen molar-refractivity contribution >= 4 is 34.3 Å². The maximum atomic E-state index is 12.1. The fourth-order valence-electron chi connectivity index (χ4n) is 2.10. The van der Waals surface area contributed by atoms with Crippen LogP contribution in [0.1, 0.15) is 5.69 Å². The van der Waals surface area contributed by atoms with Crippen molar-refractivity contribution in [2.24, 2.45) is 0 Å². The standard InChI is InChI=1S/C17H15IN4O2/c1-12-10-16(22(21-12)15-4-2-3-9-19-15)20-17(23)11-24-14-7-5-13(18)6-8-14/h2-10H,11H2,1H3,(H,20,23). The number of nitrogens with one attached hydrogen (secondary N) is 1. The lowest BCUT2D eigenvalue weighted by molar-refractivity contribution is -0.118. The van der Waals surface area contributed by atoms with Crippen LogP contribution >= 0.6 is 22.6 Å². The van der Waals surface area contributed by atoms with Crippen molar-refractivity contribution < 1.29 is 9.53 Å². The molecule has 1 aromatic carbocycles. The molecule has 3 rings (SSSR count). The summed E-state index contributed by atoms with van der Waals surface area (Å²) in [6.45, 7) is 1.78. The molecule has 0 aliphatic rings. The number of amides is 1. The number of halogens is 1. The Morgan fingerprint density at radius 1 is 1.25 bits per heavy atom. The maximum absolute atomic E-state index is 12.1. The number of benzene rings is 1. The Balaban J connectivity index is 1.67. The Morgan fingerprint density at radius 3 is 2.75 bits per heavy atom. The van der Waals surface area contributed by atoms with E-state index in [-0.39, 0.29) is 12.5 Å². The predicted octanol–water partition coefficient (Wildman–Crippen LogP) is 3.20. The average Bonchev–Trinajstić information content (AvgIpc) is 2.95. The molecule has 0 spiro atoms. The van der Waals surface area contributed by atoms with Crippen LogP contribution in [0.25, 0.3) is 5.82 Å².